The fourth-order valence-electron chi connectivity index (χ4n) is 5.21. The van der Waals surface area contributed by atoms with E-state index in [-0.39, 0.29) is 30.7 Å². The van der Waals surface area contributed by atoms with E-state index in [2.05, 4.69) is 0 Å². The lowest BCUT2D eigenvalue weighted by Crippen LogP contribution is -2.46. The first-order valence-electron chi connectivity index (χ1n) is 12.2. The average molecular weight is 498 g/mol. The van der Waals surface area contributed by atoms with Gasteiger partial charge < -0.3 is 4.74 Å². The van der Waals surface area contributed by atoms with Crippen LogP contribution in [-0.2, 0) is 9.53 Å². The van der Waals surface area contributed by atoms with Crippen LogP contribution >= 0.6 is 0 Å². The maximum Gasteiger partial charge on any atom is 0.234 e. The van der Waals surface area contributed by atoms with Crippen LogP contribution in [0.25, 0.3) is 5.69 Å². The van der Waals surface area contributed by atoms with Crippen molar-refractivity contribution in [3.8, 4) is 5.69 Å². The number of rotatable bonds is 7. The van der Waals surface area contributed by atoms with Crippen molar-refractivity contribution < 1.29 is 18.7 Å². The highest BCUT2D eigenvalue weighted by Crippen LogP contribution is 2.47. The summed E-state index contributed by atoms with van der Waals surface area (Å²) in [4.78, 5) is 29.1. The summed E-state index contributed by atoms with van der Waals surface area (Å²) < 4.78 is 21.1. The molecule has 1 aromatic heterocycles. The Balaban J connectivity index is 1.69. The minimum atomic E-state index is -0.715. The number of carbonyl (C=O) groups excluding carboxylic acids is 2. The monoisotopic (exact) mass is 497 g/mol. The molecule has 3 aromatic carbocycles. The average Bonchev–Trinajstić information content (AvgIpc) is 3.24. The molecule has 2 atom stereocenters. The van der Waals surface area contributed by atoms with Crippen LogP contribution in [0.5, 0.6) is 0 Å². The zero-order valence-electron chi connectivity index (χ0n) is 21.0. The Hall–Kier alpha value is -4.10. The van der Waals surface area contributed by atoms with Crippen molar-refractivity contribution >= 4 is 17.5 Å². The summed E-state index contributed by atoms with van der Waals surface area (Å²) in [7, 11) is 1.53. The van der Waals surface area contributed by atoms with Crippen LogP contribution in [-0.4, -0.2) is 35.3 Å². The highest BCUT2D eigenvalue weighted by atomic mass is 19.1. The van der Waals surface area contributed by atoms with E-state index in [1.54, 1.807) is 27.8 Å². The molecule has 0 N–H and O–H groups in total. The number of hydrogen-bond acceptors (Lipinski definition) is 4. The molecule has 0 aliphatic carbocycles. The predicted octanol–water partition coefficient (Wildman–Crippen LogP) is 5.60. The van der Waals surface area contributed by atoms with Gasteiger partial charge in [-0.25, -0.2) is 9.07 Å². The zero-order valence-corrected chi connectivity index (χ0v) is 21.0. The Morgan fingerprint density at radius 3 is 2.41 bits per heavy atom. The van der Waals surface area contributed by atoms with Gasteiger partial charge in [0.1, 0.15) is 18.4 Å². The predicted molar refractivity (Wildman–Crippen MR) is 140 cm³/mol. The van der Waals surface area contributed by atoms with Gasteiger partial charge >= 0.3 is 0 Å². The first-order chi connectivity index (χ1) is 17.9. The van der Waals surface area contributed by atoms with E-state index in [4.69, 9.17) is 9.84 Å². The Morgan fingerprint density at radius 2 is 1.73 bits per heavy atom. The molecular weight excluding hydrogens is 469 g/mol. The Bertz CT molecular complexity index is 1450. The molecule has 1 aliphatic heterocycles. The number of hydrogen-bond donors (Lipinski definition) is 0. The van der Waals surface area contributed by atoms with Crippen molar-refractivity contribution in [2.45, 2.75) is 26.2 Å². The molecule has 37 heavy (non-hydrogen) atoms. The number of aryl methyl sites for hydroxylation is 2. The van der Waals surface area contributed by atoms with Crippen LogP contribution in [0.4, 0.5) is 10.2 Å². The first-order valence-corrected chi connectivity index (χ1v) is 12.2. The summed E-state index contributed by atoms with van der Waals surface area (Å²) in [6, 6.07) is 23.1. The minimum Gasteiger partial charge on any atom is -0.364 e. The molecule has 188 valence electrons. The van der Waals surface area contributed by atoms with Gasteiger partial charge in [0.15, 0.2) is 5.78 Å². The van der Waals surface area contributed by atoms with Crippen LogP contribution in [0.2, 0.25) is 0 Å². The van der Waals surface area contributed by atoms with Crippen LogP contribution < -0.4 is 4.90 Å². The lowest BCUT2D eigenvalue weighted by atomic mass is 9.74. The molecule has 0 fully saturated rings. The van der Waals surface area contributed by atoms with E-state index in [1.807, 2.05) is 62.4 Å². The SMILES string of the molecule is COCN1C(=O)[C@@H](CC(=O)c2cccc(C)c2)[C@@H](c2ccc(F)cc2)c2c(C)nn(-c3ccccc3)c21. The molecule has 0 bridgehead atoms. The number of ether oxygens (including phenoxy) is 1. The van der Waals surface area contributed by atoms with Crippen molar-refractivity contribution in [3.05, 3.63) is 113 Å². The lowest BCUT2D eigenvalue weighted by molar-refractivity contribution is -0.124. The molecule has 1 aliphatic rings. The van der Waals surface area contributed by atoms with E-state index in [1.165, 1.54) is 19.2 Å². The van der Waals surface area contributed by atoms with Gasteiger partial charge in [0.05, 0.1) is 17.3 Å². The quantitative estimate of drug-likeness (QED) is 0.312. The van der Waals surface area contributed by atoms with Crippen molar-refractivity contribution in [1.29, 1.82) is 0 Å². The van der Waals surface area contributed by atoms with E-state index in [9.17, 15) is 14.0 Å². The smallest absolute Gasteiger partial charge is 0.234 e. The molecule has 5 rings (SSSR count). The Morgan fingerprint density at radius 1 is 1.00 bits per heavy atom. The maximum atomic E-state index is 14.1. The Kier molecular flexibility index (Phi) is 6.72. The largest absolute Gasteiger partial charge is 0.364 e. The standard InChI is InChI=1S/C30H28FN3O3/c1-19-8-7-9-22(16-19)26(35)17-25-28(21-12-14-23(31)15-13-21)27-20(2)32-34(24-10-5-4-6-11-24)29(27)33(18-37-3)30(25)36/h4-16,25,28H,17-18H2,1-3H3/t25-,28+/m0/s1. The summed E-state index contributed by atoms with van der Waals surface area (Å²) in [6.07, 6.45) is -0.0000585. The highest BCUT2D eigenvalue weighted by molar-refractivity contribution is 6.04. The maximum absolute atomic E-state index is 14.1. The zero-order chi connectivity index (χ0) is 26.1. The molecule has 1 amide bonds. The molecule has 4 aromatic rings. The summed E-state index contributed by atoms with van der Waals surface area (Å²) in [6.45, 7) is 3.84. The summed E-state index contributed by atoms with van der Waals surface area (Å²) >= 11 is 0. The molecule has 7 heteroatoms. The van der Waals surface area contributed by atoms with E-state index in [0.717, 1.165) is 28.1 Å². The van der Waals surface area contributed by atoms with Gasteiger partial charge in [0.2, 0.25) is 5.91 Å². The minimum absolute atomic E-state index is 0.0000585. The second-order valence-corrected chi connectivity index (χ2v) is 9.39. The fraction of sp³-hybridized carbons (Fsp3) is 0.233. The van der Waals surface area contributed by atoms with Gasteiger partial charge in [-0.1, -0.05) is 54.1 Å². The topological polar surface area (TPSA) is 64.4 Å². The molecule has 0 radical (unpaired) electrons. The van der Waals surface area contributed by atoms with Gasteiger partial charge in [-0.3, -0.25) is 14.5 Å². The van der Waals surface area contributed by atoms with Crippen molar-refractivity contribution in [3.63, 3.8) is 0 Å². The first kappa shape index (κ1) is 24.6. The molecule has 0 spiro atoms. The molecule has 0 saturated heterocycles. The van der Waals surface area contributed by atoms with Crippen molar-refractivity contribution in [2.24, 2.45) is 5.92 Å². The van der Waals surface area contributed by atoms with Gasteiger partial charge in [-0.15, -0.1) is 0 Å². The van der Waals surface area contributed by atoms with Gasteiger partial charge in [0, 0.05) is 30.6 Å². The van der Waals surface area contributed by atoms with E-state index >= 15 is 0 Å². The number of amides is 1. The molecule has 6 nitrogen and oxygen atoms in total. The van der Waals surface area contributed by atoms with Crippen molar-refractivity contribution in [2.75, 3.05) is 18.7 Å². The normalized spacial score (nSPS) is 17.1. The number of para-hydroxylation sites is 1. The number of Topliss-reactive ketones (excluding diaryl/α,β-unsaturated/α-hetero) is 1. The van der Waals surface area contributed by atoms with Gasteiger partial charge in [-0.2, -0.15) is 5.10 Å². The van der Waals surface area contributed by atoms with Crippen molar-refractivity contribution in [1.82, 2.24) is 9.78 Å². The van der Waals surface area contributed by atoms with Crippen LogP contribution in [0.1, 0.15) is 45.1 Å². The van der Waals surface area contributed by atoms with E-state index in [0.29, 0.717) is 11.4 Å². The molecule has 0 unspecified atom stereocenters. The number of carbonyl (C=O) groups is 2. The summed E-state index contributed by atoms with van der Waals surface area (Å²) in [5.74, 6) is -1.32. The highest BCUT2D eigenvalue weighted by Gasteiger charge is 2.45. The number of nitrogens with zero attached hydrogens (tertiary/aromatic N) is 3. The lowest BCUT2D eigenvalue weighted by Gasteiger charge is -2.38. The van der Waals surface area contributed by atoms with Crippen LogP contribution in [0, 0.1) is 25.6 Å². The number of ketones is 1. The fourth-order valence-corrected chi connectivity index (χ4v) is 5.21. The second kappa shape index (κ2) is 10.1. The third kappa shape index (κ3) is 4.58. The molecule has 2 heterocycles. The summed E-state index contributed by atoms with van der Waals surface area (Å²) in [5.41, 5.74) is 4.65. The number of benzene rings is 3. The number of anilines is 1. The van der Waals surface area contributed by atoms with Crippen LogP contribution in [0.3, 0.4) is 0 Å². The van der Waals surface area contributed by atoms with E-state index < -0.39 is 11.8 Å². The van der Waals surface area contributed by atoms with Gasteiger partial charge in [0.25, 0.3) is 0 Å². The number of methoxy groups -OCH3 is 1. The van der Waals surface area contributed by atoms with Gasteiger partial charge in [-0.05, 0) is 49.7 Å². The third-order valence-electron chi connectivity index (χ3n) is 6.87. The molecule has 0 saturated carbocycles. The molecular formula is C30H28FN3O3. The third-order valence-corrected chi connectivity index (χ3v) is 6.87. The number of fused-ring (bicyclic) bond motifs is 1. The second-order valence-electron chi connectivity index (χ2n) is 9.39. The summed E-state index contributed by atoms with van der Waals surface area (Å²) in [5, 5.41) is 4.81. The number of halogens is 1. The number of aromatic nitrogens is 2. The Labute approximate surface area is 215 Å². The van der Waals surface area contributed by atoms with Crippen LogP contribution in [0.15, 0.2) is 78.9 Å².